The average Bonchev–Trinajstić information content (AvgIpc) is 2.98. The number of hydrogen-bond donors (Lipinski definition) is 1. The van der Waals surface area contributed by atoms with Crippen molar-refractivity contribution in [3.63, 3.8) is 0 Å². The summed E-state index contributed by atoms with van der Waals surface area (Å²) in [5.41, 5.74) is 0. The lowest BCUT2D eigenvalue weighted by Crippen LogP contribution is -2.37. The Morgan fingerprint density at radius 2 is 1.62 bits per heavy atom. The predicted octanol–water partition coefficient (Wildman–Crippen LogP) is 4.12. The van der Waals surface area contributed by atoms with Crippen molar-refractivity contribution in [2.45, 2.75) is 90.5 Å². The molecule has 21 heavy (non-hydrogen) atoms. The van der Waals surface area contributed by atoms with Crippen LogP contribution in [0.3, 0.4) is 0 Å². The van der Waals surface area contributed by atoms with Gasteiger partial charge in [-0.3, -0.25) is 4.79 Å². The molecule has 0 aromatic heterocycles. The molecule has 1 aliphatic rings. The third kappa shape index (κ3) is 8.45. The summed E-state index contributed by atoms with van der Waals surface area (Å²) in [7, 11) is 0. The van der Waals surface area contributed by atoms with E-state index < -0.39 is 0 Å². The number of amides is 1. The minimum absolute atomic E-state index is 0.377. The second-order valence-electron chi connectivity index (χ2n) is 6.50. The minimum atomic E-state index is 0.377. The van der Waals surface area contributed by atoms with Crippen LogP contribution in [0.25, 0.3) is 0 Å². The Balaban J connectivity index is 2.30. The molecule has 1 rings (SSSR count). The van der Waals surface area contributed by atoms with Crippen LogP contribution in [0.5, 0.6) is 0 Å². The van der Waals surface area contributed by atoms with Crippen LogP contribution in [0.2, 0.25) is 0 Å². The van der Waals surface area contributed by atoms with Crippen molar-refractivity contribution >= 4 is 5.91 Å². The molecule has 124 valence electrons. The molecule has 1 atom stereocenters. The Bertz CT molecular complexity index is 250. The number of rotatable bonds is 12. The number of nitrogens with zero attached hydrogens (tertiary/aromatic N) is 1. The van der Waals surface area contributed by atoms with E-state index >= 15 is 0 Å². The lowest BCUT2D eigenvalue weighted by molar-refractivity contribution is -0.131. The molecule has 3 heteroatoms. The first-order valence-corrected chi connectivity index (χ1v) is 9.29. The molecule has 0 aromatic carbocycles. The highest BCUT2D eigenvalue weighted by Crippen LogP contribution is 2.12. The van der Waals surface area contributed by atoms with Crippen molar-refractivity contribution in [3.8, 4) is 0 Å². The van der Waals surface area contributed by atoms with E-state index in [9.17, 15) is 4.79 Å². The van der Waals surface area contributed by atoms with Gasteiger partial charge in [-0.1, -0.05) is 52.4 Å². The van der Waals surface area contributed by atoms with Gasteiger partial charge in [-0.15, -0.1) is 0 Å². The van der Waals surface area contributed by atoms with Crippen LogP contribution in [0.4, 0.5) is 0 Å². The quantitative estimate of drug-likeness (QED) is 0.549. The van der Waals surface area contributed by atoms with E-state index in [0.717, 1.165) is 19.6 Å². The van der Waals surface area contributed by atoms with Gasteiger partial charge in [0.25, 0.3) is 0 Å². The molecule has 3 nitrogen and oxygen atoms in total. The Morgan fingerprint density at radius 3 is 2.10 bits per heavy atom. The lowest BCUT2D eigenvalue weighted by atomic mass is 10.1. The summed E-state index contributed by atoms with van der Waals surface area (Å²) >= 11 is 0. The summed E-state index contributed by atoms with van der Waals surface area (Å²) in [4.78, 5) is 14.7. The van der Waals surface area contributed by atoms with Crippen molar-refractivity contribution in [2.24, 2.45) is 0 Å². The van der Waals surface area contributed by atoms with Crippen molar-refractivity contribution in [2.75, 3.05) is 19.6 Å². The molecule has 1 aliphatic heterocycles. The first kappa shape index (κ1) is 18.5. The van der Waals surface area contributed by atoms with E-state index in [1.54, 1.807) is 0 Å². The van der Waals surface area contributed by atoms with Crippen LogP contribution >= 0.6 is 0 Å². The normalized spacial score (nSPS) is 18.1. The van der Waals surface area contributed by atoms with E-state index in [0.29, 0.717) is 18.4 Å². The number of carbonyl (C=O) groups is 1. The summed E-state index contributed by atoms with van der Waals surface area (Å²) in [6.45, 7) is 7.50. The molecule has 1 saturated heterocycles. The third-order valence-electron chi connectivity index (χ3n) is 4.50. The van der Waals surface area contributed by atoms with E-state index in [-0.39, 0.29) is 0 Å². The van der Waals surface area contributed by atoms with Crippen molar-refractivity contribution in [1.29, 1.82) is 0 Å². The highest BCUT2D eigenvalue weighted by molar-refractivity contribution is 5.76. The molecule has 0 aliphatic carbocycles. The zero-order valence-electron chi connectivity index (χ0n) is 14.3. The molecular formula is C18H36N2O. The molecule has 0 spiro atoms. The second kappa shape index (κ2) is 12.0. The largest absolute Gasteiger partial charge is 0.343 e. The minimum Gasteiger partial charge on any atom is -0.343 e. The van der Waals surface area contributed by atoms with Crippen molar-refractivity contribution in [1.82, 2.24) is 10.2 Å². The lowest BCUT2D eigenvalue weighted by Gasteiger charge is -2.24. The summed E-state index contributed by atoms with van der Waals surface area (Å²) < 4.78 is 0. The Morgan fingerprint density at radius 1 is 1.00 bits per heavy atom. The fourth-order valence-electron chi connectivity index (χ4n) is 3.09. The van der Waals surface area contributed by atoms with Gasteiger partial charge in [0.2, 0.25) is 5.91 Å². The van der Waals surface area contributed by atoms with Crippen LogP contribution in [-0.4, -0.2) is 36.5 Å². The molecule has 1 unspecified atom stereocenters. The van der Waals surface area contributed by atoms with E-state index in [1.807, 2.05) is 0 Å². The van der Waals surface area contributed by atoms with Gasteiger partial charge >= 0.3 is 0 Å². The molecule has 0 radical (unpaired) electrons. The van der Waals surface area contributed by atoms with Gasteiger partial charge in [0.05, 0.1) is 0 Å². The van der Waals surface area contributed by atoms with Crippen LogP contribution < -0.4 is 5.32 Å². The van der Waals surface area contributed by atoms with Gasteiger partial charge in [-0.2, -0.15) is 0 Å². The standard InChI is InChI=1S/C18H36N2O/c1-3-5-7-9-14-20(15-10-8-6-4-2)18(21)16-17-12-11-13-19-17/h17,19H,3-16H2,1-2H3. The Hall–Kier alpha value is -0.570. The van der Waals surface area contributed by atoms with E-state index in [4.69, 9.17) is 0 Å². The van der Waals surface area contributed by atoms with Crippen LogP contribution in [0, 0.1) is 0 Å². The smallest absolute Gasteiger partial charge is 0.224 e. The van der Waals surface area contributed by atoms with Gasteiger partial charge in [0, 0.05) is 25.6 Å². The molecule has 0 aromatic rings. The second-order valence-corrected chi connectivity index (χ2v) is 6.50. The van der Waals surface area contributed by atoms with E-state index in [2.05, 4.69) is 24.1 Å². The molecule has 1 heterocycles. The maximum absolute atomic E-state index is 12.5. The third-order valence-corrected chi connectivity index (χ3v) is 4.50. The number of carbonyl (C=O) groups excluding carboxylic acids is 1. The average molecular weight is 296 g/mol. The highest BCUT2D eigenvalue weighted by Gasteiger charge is 2.21. The topological polar surface area (TPSA) is 32.3 Å². The van der Waals surface area contributed by atoms with Crippen LogP contribution in [-0.2, 0) is 4.79 Å². The zero-order valence-corrected chi connectivity index (χ0v) is 14.3. The van der Waals surface area contributed by atoms with Gasteiger partial charge in [-0.25, -0.2) is 0 Å². The molecule has 1 N–H and O–H groups in total. The number of nitrogens with one attached hydrogen (secondary N) is 1. The Labute approximate surface area is 131 Å². The Kier molecular flexibility index (Phi) is 10.6. The maximum atomic E-state index is 12.5. The fraction of sp³-hybridized carbons (Fsp3) is 0.944. The van der Waals surface area contributed by atoms with Crippen LogP contribution in [0.1, 0.15) is 84.5 Å². The van der Waals surface area contributed by atoms with Gasteiger partial charge in [0.15, 0.2) is 0 Å². The van der Waals surface area contributed by atoms with Gasteiger partial charge in [0.1, 0.15) is 0 Å². The van der Waals surface area contributed by atoms with Crippen molar-refractivity contribution in [3.05, 3.63) is 0 Å². The monoisotopic (exact) mass is 296 g/mol. The fourth-order valence-corrected chi connectivity index (χ4v) is 3.09. The summed E-state index contributed by atoms with van der Waals surface area (Å²) in [6.07, 6.45) is 13.1. The maximum Gasteiger partial charge on any atom is 0.224 e. The van der Waals surface area contributed by atoms with Crippen molar-refractivity contribution < 1.29 is 4.79 Å². The highest BCUT2D eigenvalue weighted by atomic mass is 16.2. The number of hydrogen-bond acceptors (Lipinski definition) is 2. The summed E-state index contributed by atoms with van der Waals surface area (Å²) in [6, 6.07) is 0.436. The first-order valence-electron chi connectivity index (χ1n) is 9.29. The van der Waals surface area contributed by atoms with Gasteiger partial charge in [-0.05, 0) is 32.2 Å². The summed E-state index contributed by atoms with van der Waals surface area (Å²) in [5.74, 6) is 0.377. The first-order chi connectivity index (χ1) is 10.3. The van der Waals surface area contributed by atoms with Gasteiger partial charge < -0.3 is 10.2 Å². The molecule has 0 saturated carbocycles. The molecule has 0 bridgehead atoms. The molecule has 1 fully saturated rings. The zero-order chi connectivity index (χ0) is 15.3. The number of unbranched alkanes of at least 4 members (excludes halogenated alkanes) is 6. The SMILES string of the molecule is CCCCCCN(CCCCCC)C(=O)CC1CCCN1. The molecule has 1 amide bonds. The van der Waals surface area contributed by atoms with E-state index in [1.165, 1.54) is 64.2 Å². The molecular weight excluding hydrogens is 260 g/mol. The van der Waals surface area contributed by atoms with Crippen LogP contribution in [0.15, 0.2) is 0 Å². The predicted molar refractivity (Wildman–Crippen MR) is 90.5 cm³/mol. The summed E-state index contributed by atoms with van der Waals surface area (Å²) in [5, 5.41) is 3.45.